The van der Waals surface area contributed by atoms with Gasteiger partial charge in [0.15, 0.2) is 0 Å². The molecule has 5 heteroatoms. The van der Waals surface area contributed by atoms with Crippen molar-refractivity contribution < 1.29 is 4.84 Å². The van der Waals surface area contributed by atoms with Gasteiger partial charge in [-0.25, -0.2) is 5.01 Å². The van der Waals surface area contributed by atoms with Gasteiger partial charge in [0.2, 0.25) is 0 Å². The van der Waals surface area contributed by atoms with Crippen molar-refractivity contribution >= 4 is 15.9 Å². The Hall–Kier alpha value is -0.940. The minimum Gasteiger partial charge on any atom is -0.344 e. The smallest absolute Gasteiger partial charge is 0.133 e. The summed E-state index contributed by atoms with van der Waals surface area (Å²) in [6.45, 7) is 0. The van der Waals surface area contributed by atoms with E-state index in [1.165, 1.54) is 0 Å². The van der Waals surface area contributed by atoms with Gasteiger partial charge in [0, 0.05) is 6.20 Å². The Morgan fingerprint density at radius 3 is 3.17 bits per heavy atom. The van der Waals surface area contributed by atoms with E-state index in [9.17, 15) is 0 Å². The van der Waals surface area contributed by atoms with Gasteiger partial charge in [-0.2, -0.15) is 5.17 Å². The van der Waals surface area contributed by atoms with Crippen molar-refractivity contribution in [3.63, 3.8) is 0 Å². The average Bonchev–Trinajstić information content (AvgIpc) is 2.48. The third kappa shape index (κ3) is 1.02. The van der Waals surface area contributed by atoms with E-state index >= 15 is 0 Å². The Kier molecular flexibility index (Phi) is 1.82. The fourth-order valence-corrected chi connectivity index (χ4v) is 1.57. The molecule has 0 spiro atoms. The fraction of sp³-hybridized carbons (Fsp3) is 0.143. The molecule has 0 bridgehead atoms. The number of allylic oxidation sites excluding steroid dienone is 2. The van der Waals surface area contributed by atoms with Crippen molar-refractivity contribution in [2.75, 3.05) is 7.11 Å². The van der Waals surface area contributed by atoms with Gasteiger partial charge in [-0.15, -0.1) is 0 Å². The summed E-state index contributed by atoms with van der Waals surface area (Å²) in [6, 6.07) is 0. The van der Waals surface area contributed by atoms with E-state index in [0.29, 0.717) is 0 Å². The Morgan fingerprint density at radius 2 is 2.42 bits per heavy atom. The average molecular weight is 230 g/mol. The predicted octanol–water partition coefficient (Wildman–Crippen LogP) is 1.23. The molecule has 0 amide bonds. The summed E-state index contributed by atoms with van der Waals surface area (Å²) in [5.41, 5.74) is 0. The van der Waals surface area contributed by atoms with E-state index in [2.05, 4.69) is 21.2 Å². The Balaban J connectivity index is 2.29. The van der Waals surface area contributed by atoms with Crippen molar-refractivity contribution in [1.82, 2.24) is 15.5 Å². The van der Waals surface area contributed by atoms with Gasteiger partial charge in [-0.3, -0.25) is 4.84 Å². The molecule has 0 atom stereocenters. The number of hydroxylamine groups is 1. The monoisotopic (exact) mass is 229 g/mol. The minimum absolute atomic E-state index is 0.917. The van der Waals surface area contributed by atoms with Crippen molar-refractivity contribution in [3.8, 4) is 0 Å². The Labute approximate surface area is 78.8 Å². The number of fused-ring (bicyclic) bond motifs is 1. The highest BCUT2D eigenvalue weighted by molar-refractivity contribution is 9.11. The summed E-state index contributed by atoms with van der Waals surface area (Å²) in [4.78, 5) is 5.10. The minimum atomic E-state index is 0.917. The molecule has 0 aliphatic carbocycles. The third-order valence-electron chi connectivity index (χ3n) is 1.62. The van der Waals surface area contributed by atoms with Crippen LogP contribution in [0.3, 0.4) is 0 Å². The molecule has 4 nitrogen and oxygen atoms in total. The largest absolute Gasteiger partial charge is 0.344 e. The molecule has 2 aliphatic rings. The van der Waals surface area contributed by atoms with Gasteiger partial charge in [-0.05, 0) is 28.1 Å². The second kappa shape index (κ2) is 2.84. The predicted molar refractivity (Wildman–Crippen MR) is 48.1 cm³/mol. The summed E-state index contributed by atoms with van der Waals surface area (Å²) in [6.07, 6.45) is 7.54. The summed E-state index contributed by atoms with van der Waals surface area (Å²) < 4.78 is 0.917. The lowest BCUT2D eigenvalue weighted by atomic mass is 10.5. The molecule has 2 rings (SSSR count). The van der Waals surface area contributed by atoms with Crippen LogP contribution in [-0.2, 0) is 4.84 Å². The summed E-state index contributed by atoms with van der Waals surface area (Å²) >= 11 is 3.39. The molecule has 0 unspecified atom stereocenters. The van der Waals surface area contributed by atoms with Gasteiger partial charge in [0.1, 0.15) is 10.4 Å². The Morgan fingerprint density at radius 1 is 1.58 bits per heavy atom. The van der Waals surface area contributed by atoms with Gasteiger partial charge in [0.05, 0.1) is 13.3 Å². The molecule has 0 aromatic rings. The highest BCUT2D eigenvalue weighted by Crippen LogP contribution is 2.27. The van der Waals surface area contributed by atoms with Crippen molar-refractivity contribution in [2.24, 2.45) is 0 Å². The number of hydrogen-bond donors (Lipinski definition) is 1. The summed E-state index contributed by atoms with van der Waals surface area (Å²) in [7, 11) is 1.62. The lowest BCUT2D eigenvalue weighted by Gasteiger charge is -2.31. The van der Waals surface area contributed by atoms with Gasteiger partial charge >= 0.3 is 0 Å². The van der Waals surface area contributed by atoms with Crippen molar-refractivity contribution in [1.29, 1.82) is 0 Å². The summed E-state index contributed by atoms with van der Waals surface area (Å²) in [5.74, 6) is 0.964. The van der Waals surface area contributed by atoms with Crippen LogP contribution in [0.25, 0.3) is 0 Å². The zero-order chi connectivity index (χ0) is 8.55. The second-order valence-corrected chi connectivity index (χ2v) is 3.11. The number of nitrogens with one attached hydrogen (secondary N) is 1. The van der Waals surface area contributed by atoms with Crippen molar-refractivity contribution in [2.45, 2.75) is 0 Å². The first kappa shape index (κ1) is 7.70. The van der Waals surface area contributed by atoms with E-state index in [4.69, 9.17) is 4.84 Å². The molecule has 12 heavy (non-hydrogen) atoms. The molecule has 0 radical (unpaired) electrons. The SMILES string of the molecule is CON1C=CC=C2NC=C(Br)N21. The van der Waals surface area contributed by atoms with Gasteiger partial charge in [0.25, 0.3) is 0 Å². The Bertz CT molecular complexity index is 284. The first-order valence-electron chi connectivity index (χ1n) is 3.47. The quantitative estimate of drug-likeness (QED) is 0.685. The summed E-state index contributed by atoms with van der Waals surface area (Å²) in [5, 5.41) is 6.56. The fourth-order valence-electron chi connectivity index (χ4n) is 1.11. The van der Waals surface area contributed by atoms with Crippen LogP contribution in [0.4, 0.5) is 0 Å². The van der Waals surface area contributed by atoms with Crippen molar-refractivity contribution in [3.05, 3.63) is 35.0 Å². The second-order valence-electron chi connectivity index (χ2n) is 2.30. The maximum absolute atomic E-state index is 5.10. The van der Waals surface area contributed by atoms with E-state index in [-0.39, 0.29) is 0 Å². The molecule has 1 N–H and O–H groups in total. The van der Waals surface area contributed by atoms with Crippen LogP contribution >= 0.6 is 15.9 Å². The maximum Gasteiger partial charge on any atom is 0.133 e. The maximum atomic E-state index is 5.10. The van der Waals surface area contributed by atoms with Crippen LogP contribution in [0, 0.1) is 0 Å². The highest BCUT2D eigenvalue weighted by Gasteiger charge is 2.24. The van der Waals surface area contributed by atoms with Crippen LogP contribution in [0.5, 0.6) is 0 Å². The first-order chi connectivity index (χ1) is 5.83. The first-order valence-corrected chi connectivity index (χ1v) is 4.26. The highest BCUT2D eigenvalue weighted by atomic mass is 79.9. The number of rotatable bonds is 1. The molecule has 0 fully saturated rings. The zero-order valence-electron chi connectivity index (χ0n) is 6.49. The molecule has 0 aromatic carbocycles. The number of hydrogen-bond acceptors (Lipinski definition) is 4. The zero-order valence-corrected chi connectivity index (χ0v) is 8.08. The van der Waals surface area contributed by atoms with Crippen LogP contribution < -0.4 is 5.32 Å². The molecule has 0 saturated heterocycles. The molecular weight excluding hydrogens is 222 g/mol. The van der Waals surface area contributed by atoms with E-state index in [1.54, 1.807) is 12.3 Å². The molecule has 2 heterocycles. The van der Waals surface area contributed by atoms with Crippen LogP contribution in [0.2, 0.25) is 0 Å². The van der Waals surface area contributed by atoms with Crippen LogP contribution in [-0.4, -0.2) is 17.3 Å². The molecule has 0 aromatic heterocycles. The van der Waals surface area contributed by atoms with E-state index in [0.717, 1.165) is 10.4 Å². The standard InChI is InChI=1S/C7H8BrN3O/c1-12-10-4-2-3-7-9-5-6(8)11(7)10/h2-5,9H,1H3. The molecule has 64 valence electrons. The van der Waals surface area contributed by atoms with Crippen LogP contribution in [0.1, 0.15) is 0 Å². The van der Waals surface area contributed by atoms with Gasteiger partial charge in [-0.1, -0.05) is 0 Å². The number of halogens is 1. The lowest BCUT2D eigenvalue weighted by molar-refractivity contribution is -0.198. The normalized spacial score (nSPS) is 20.2. The van der Waals surface area contributed by atoms with Crippen LogP contribution in [0.15, 0.2) is 35.0 Å². The third-order valence-corrected chi connectivity index (χ3v) is 2.19. The lowest BCUT2D eigenvalue weighted by Crippen LogP contribution is -2.36. The number of hydrazine groups is 1. The molecular formula is C7H8BrN3O. The van der Waals surface area contributed by atoms with Gasteiger partial charge < -0.3 is 5.32 Å². The van der Waals surface area contributed by atoms with E-state index in [1.807, 2.05) is 29.6 Å². The molecule has 2 aliphatic heterocycles. The number of nitrogens with zero attached hydrogens (tertiary/aromatic N) is 2. The molecule has 0 saturated carbocycles. The van der Waals surface area contributed by atoms with E-state index < -0.39 is 0 Å². The topological polar surface area (TPSA) is 27.7 Å².